The topological polar surface area (TPSA) is 208 Å². The van der Waals surface area contributed by atoms with E-state index in [0.29, 0.717) is 0 Å². The van der Waals surface area contributed by atoms with Crippen LogP contribution < -0.4 is 10.4 Å². The number of hydrogen-bond acceptors (Lipinski definition) is 7. The molecule has 0 atom stereocenters. The normalized spacial score (nSPS) is 10.1. The first kappa shape index (κ1) is 26.0. The minimum atomic E-state index is 0. The second kappa shape index (κ2) is 16.5. The molecule has 2 N–H and O–H groups in total. The summed E-state index contributed by atoms with van der Waals surface area (Å²) < 4.78 is 7.25. The minimum absolute atomic E-state index is 0. The number of rotatable bonds is 0. The van der Waals surface area contributed by atoms with Gasteiger partial charge in [0.05, 0.1) is 0 Å². The van der Waals surface area contributed by atoms with Gasteiger partial charge in [0.15, 0.2) is 0 Å². The molecule has 0 unspecified atom stereocenters. The Morgan fingerprint density at radius 1 is 0.875 bits per heavy atom. The summed E-state index contributed by atoms with van der Waals surface area (Å²) in [5.41, 5.74) is 7.70. The summed E-state index contributed by atoms with van der Waals surface area (Å²) in [4.78, 5) is 16.0. The number of benzene rings is 1. The van der Waals surface area contributed by atoms with Crippen molar-refractivity contribution in [2.75, 3.05) is 0 Å². The van der Waals surface area contributed by atoms with Crippen LogP contribution in [0.5, 0.6) is 0 Å². The quantitative estimate of drug-likeness (QED) is 0.265. The van der Waals surface area contributed by atoms with Gasteiger partial charge >= 0.3 is 29.7 Å². The number of allylic oxidation sites excluding steroid dienone is 2. The van der Waals surface area contributed by atoms with E-state index in [0.717, 1.165) is 32.5 Å². The van der Waals surface area contributed by atoms with Gasteiger partial charge in [-0.05, 0) is 10.4 Å². The van der Waals surface area contributed by atoms with Crippen molar-refractivity contribution in [1.82, 2.24) is 0 Å². The molecule has 3 rings (SSSR count). The Labute approximate surface area is 147 Å². The first-order chi connectivity index (χ1) is 10.8. The van der Waals surface area contributed by atoms with Crippen LogP contribution in [-0.2, 0) is 24.3 Å². The monoisotopic (exact) mass is 422 g/mol. The molecule has 12 heteroatoms. The molecule has 11 nitrogen and oxygen atoms in total. The summed E-state index contributed by atoms with van der Waals surface area (Å²) in [6, 6.07) is 4.15. The molecule has 2 aliphatic rings. The van der Waals surface area contributed by atoms with E-state index in [-0.39, 0.29) is 25.0 Å². The predicted octanol–water partition coefficient (Wildman–Crippen LogP) is 1.88. The molecule has 0 saturated heterocycles. The number of nitrogens with zero attached hydrogens (tertiary/aromatic N) is 5. The van der Waals surface area contributed by atoms with Crippen LogP contribution in [0.4, 0.5) is 11.4 Å². The summed E-state index contributed by atoms with van der Waals surface area (Å²) >= 11 is 0. The predicted molar refractivity (Wildman–Crippen MR) is 83.3 cm³/mol. The molecule has 0 spiro atoms. The molecule has 0 fully saturated rings. The van der Waals surface area contributed by atoms with Crippen LogP contribution in [0.15, 0.2) is 47.4 Å². The Kier molecular flexibility index (Phi) is 17.8. The van der Waals surface area contributed by atoms with Crippen molar-refractivity contribution in [1.29, 1.82) is 5.46 Å². The van der Waals surface area contributed by atoms with Crippen LogP contribution in [0.1, 0.15) is 0 Å². The SMILES string of the molecule is C1=C[N-]c2c3c(ccc2=C1)=CC=C[N-]3.N#[O+].O.O=N[O-].O=N[O-].[Ru+2]. The van der Waals surface area contributed by atoms with E-state index in [9.17, 15) is 0 Å². The molecule has 2 heterocycles. The summed E-state index contributed by atoms with van der Waals surface area (Å²) in [5, 5.41) is 29.0. The Morgan fingerprint density at radius 2 is 1.17 bits per heavy atom. The van der Waals surface area contributed by atoms with Crippen molar-refractivity contribution in [2.45, 2.75) is 0 Å². The molecule has 24 heavy (non-hydrogen) atoms. The molecule has 0 aliphatic carbocycles. The molecule has 1 aromatic rings. The molecule has 128 valence electrons. The third-order valence-corrected chi connectivity index (χ3v) is 2.34. The second-order valence-corrected chi connectivity index (χ2v) is 3.36. The Balaban J connectivity index is -0.000000386. The standard InChI is InChI=1S/C12H8N2.2HNO2.NO.H2O.Ru/c1-3-9-5-6-10-4-2-8-14-12(10)11(9)13-7-1;2*2-1-3;1-2;;/h1-8H;2*(H,2,3);;1H2;/q-2;;;+1;;+2/p-2. The summed E-state index contributed by atoms with van der Waals surface area (Å²) in [7, 11) is 0. The van der Waals surface area contributed by atoms with Gasteiger partial charge in [0.1, 0.15) is 0 Å². The van der Waals surface area contributed by atoms with Crippen molar-refractivity contribution in [3.63, 3.8) is 0 Å². The van der Waals surface area contributed by atoms with Gasteiger partial charge in [-0.25, -0.2) is 0 Å². The molecule has 0 aromatic heterocycles. The van der Waals surface area contributed by atoms with E-state index in [1.165, 1.54) is 0 Å². The third-order valence-electron chi connectivity index (χ3n) is 2.34. The fraction of sp³-hybridized carbons (Fsp3) is 0. The van der Waals surface area contributed by atoms with Crippen molar-refractivity contribution < 1.29 is 29.7 Å². The second-order valence-electron chi connectivity index (χ2n) is 3.36. The molecule has 0 bridgehead atoms. The largest absolute Gasteiger partial charge is 2.00 e. The van der Waals surface area contributed by atoms with E-state index >= 15 is 0 Å². The van der Waals surface area contributed by atoms with E-state index in [1.54, 1.807) is 12.4 Å². The fourth-order valence-corrected chi connectivity index (χ4v) is 1.68. The molecule has 1 aromatic carbocycles. The molecular weight excluding hydrogens is 411 g/mol. The molecule has 0 saturated carbocycles. The van der Waals surface area contributed by atoms with Gasteiger partial charge in [-0.15, -0.1) is 22.1 Å². The maximum Gasteiger partial charge on any atom is 2.00 e. The summed E-state index contributed by atoms with van der Waals surface area (Å²) in [6.07, 6.45) is 11.6. The smallest absolute Gasteiger partial charge is 0.444 e. The van der Waals surface area contributed by atoms with Gasteiger partial charge in [0.2, 0.25) is 0 Å². The van der Waals surface area contributed by atoms with Gasteiger partial charge in [-0.1, -0.05) is 36.4 Å². The zero-order valence-electron chi connectivity index (χ0n) is 11.7. The first-order valence-electron chi connectivity index (χ1n) is 5.45. The van der Waals surface area contributed by atoms with E-state index < -0.39 is 0 Å². The Hall–Kier alpha value is -2.91. The summed E-state index contributed by atoms with van der Waals surface area (Å²) in [6.45, 7) is 0. The number of hydrogen-bond donors (Lipinski definition) is 0. The minimum Gasteiger partial charge on any atom is -0.444 e. The third kappa shape index (κ3) is 7.92. The average Bonchev–Trinajstić information content (AvgIpc) is 2.58. The number of fused-ring (bicyclic) bond motifs is 3. The maximum atomic E-state index is 8.00. The zero-order valence-corrected chi connectivity index (χ0v) is 13.5. The van der Waals surface area contributed by atoms with Gasteiger partial charge in [0.25, 0.3) is 0 Å². The average molecular weight is 421 g/mol. The van der Waals surface area contributed by atoms with Gasteiger partial charge in [0, 0.05) is 0 Å². The van der Waals surface area contributed by atoms with Crippen LogP contribution in [0, 0.1) is 25.7 Å². The maximum absolute atomic E-state index is 8.00. The van der Waals surface area contributed by atoms with Crippen molar-refractivity contribution in [3.8, 4) is 0 Å². The van der Waals surface area contributed by atoms with Gasteiger partial charge in [-0.3, -0.25) is 0 Å². The molecule has 0 amide bonds. The van der Waals surface area contributed by atoms with Crippen LogP contribution >= 0.6 is 0 Å². The van der Waals surface area contributed by atoms with E-state index in [4.69, 9.17) is 30.5 Å². The van der Waals surface area contributed by atoms with Crippen LogP contribution in [0.2, 0.25) is 0 Å². The van der Waals surface area contributed by atoms with E-state index in [2.05, 4.69) is 34.9 Å². The van der Waals surface area contributed by atoms with Crippen LogP contribution in [-0.4, -0.2) is 5.48 Å². The molecule has 0 radical (unpaired) electrons. The van der Waals surface area contributed by atoms with Crippen molar-refractivity contribution >= 4 is 23.5 Å². The summed E-state index contributed by atoms with van der Waals surface area (Å²) in [5.74, 6) is 0. The fourth-order valence-electron chi connectivity index (χ4n) is 1.68. The Bertz CT molecular complexity index is 647. The zero-order chi connectivity index (χ0) is 16.8. The van der Waals surface area contributed by atoms with Crippen molar-refractivity contribution in [2.24, 2.45) is 10.7 Å². The molecular formula is C12H10N5O6Ru-. The molecule has 2 aliphatic heterocycles. The van der Waals surface area contributed by atoms with Gasteiger partial charge in [-0.2, -0.15) is 12.4 Å². The first-order valence-corrected chi connectivity index (χ1v) is 5.45. The van der Waals surface area contributed by atoms with Gasteiger partial charge < -0.3 is 36.3 Å². The van der Waals surface area contributed by atoms with Crippen LogP contribution in [0.25, 0.3) is 22.8 Å². The van der Waals surface area contributed by atoms with E-state index in [1.807, 2.05) is 12.2 Å². The van der Waals surface area contributed by atoms with Crippen molar-refractivity contribution in [3.05, 3.63) is 78.0 Å². The van der Waals surface area contributed by atoms with Crippen LogP contribution in [0.3, 0.4) is 0 Å². The Morgan fingerprint density at radius 3 is 1.46 bits per heavy atom.